The van der Waals surface area contributed by atoms with E-state index in [4.69, 9.17) is 15.4 Å². The van der Waals surface area contributed by atoms with Crippen molar-refractivity contribution in [3.05, 3.63) is 29.3 Å². The Morgan fingerprint density at radius 3 is 2.55 bits per heavy atom. The van der Waals surface area contributed by atoms with E-state index in [0.29, 0.717) is 12.2 Å². The fourth-order valence-electron chi connectivity index (χ4n) is 1.59. The van der Waals surface area contributed by atoms with Gasteiger partial charge in [-0.3, -0.25) is 4.79 Å². The number of rotatable bonds is 6. The topological polar surface area (TPSA) is 88.1 Å². The van der Waals surface area contributed by atoms with Gasteiger partial charge in [0, 0.05) is 5.69 Å². The molecule has 0 aliphatic carbocycles. The van der Waals surface area contributed by atoms with Gasteiger partial charge in [0.05, 0.1) is 24.8 Å². The van der Waals surface area contributed by atoms with Crippen LogP contribution in [0, 0.1) is 11.3 Å². The molecule has 120 valence electrons. The first-order valence-corrected chi connectivity index (χ1v) is 10.2. The largest absolute Gasteiger partial charge is 0.412 e. The van der Waals surface area contributed by atoms with Crippen LogP contribution in [0.3, 0.4) is 0 Å². The second-order valence-electron chi connectivity index (χ2n) is 6.85. The van der Waals surface area contributed by atoms with Crippen LogP contribution in [0.4, 0.5) is 5.69 Å². The van der Waals surface area contributed by atoms with Crippen molar-refractivity contribution in [3.8, 4) is 6.07 Å². The lowest BCUT2D eigenvalue weighted by Gasteiger charge is -2.36. The van der Waals surface area contributed by atoms with Crippen LogP contribution in [-0.4, -0.2) is 20.8 Å². The summed E-state index contributed by atoms with van der Waals surface area (Å²) in [6, 6.07) is 7.41. The predicted octanol–water partition coefficient (Wildman–Crippen LogP) is 2.98. The molecule has 0 saturated carbocycles. The van der Waals surface area contributed by atoms with E-state index in [-0.39, 0.29) is 11.6 Å². The molecule has 0 aliphatic heterocycles. The number of nitrogens with one attached hydrogen (secondary N) is 1. The molecule has 0 saturated heterocycles. The Kier molecular flexibility index (Phi) is 5.75. The second kappa shape index (κ2) is 6.94. The van der Waals surface area contributed by atoms with Gasteiger partial charge in [-0.05, 0) is 35.8 Å². The molecule has 22 heavy (non-hydrogen) atoms. The van der Waals surface area contributed by atoms with Gasteiger partial charge < -0.3 is 15.5 Å². The van der Waals surface area contributed by atoms with Crippen molar-refractivity contribution in [3.63, 3.8) is 0 Å². The number of nitrogens with zero attached hydrogens (tertiary/aromatic N) is 1. The highest BCUT2D eigenvalue weighted by Crippen LogP contribution is 2.37. The van der Waals surface area contributed by atoms with Gasteiger partial charge in [-0.2, -0.15) is 5.26 Å². The van der Waals surface area contributed by atoms with Crippen molar-refractivity contribution >= 4 is 19.9 Å². The third-order valence-corrected chi connectivity index (χ3v) is 8.57. The third-order valence-electron chi connectivity index (χ3n) is 4.09. The average Bonchev–Trinajstić information content (AvgIpc) is 2.41. The van der Waals surface area contributed by atoms with Crippen molar-refractivity contribution in [2.24, 2.45) is 5.73 Å². The highest BCUT2D eigenvalue weighted by Gasteiger charge is 2.37. The van der Waals surface area contributed by atoms with Crippen molar-refractivity contribution in [1.82, 2.24) is 0 Å². The zero-order valence-corrected chi connectivity index (χ0v) is 15.0. The van der Waals surface area contributed by atoms with Gasteiger partial charge in [-0.1, -0.05) is 26.8 Å². The molecule has 0 spiro atoms. The fourth-order valence-corrected chi connectivity index (χ4v) is 2.54. The minimum atomic E-state index is -1.86. The maximum absolute atomic E-state index is 11.0. The number of benzene rings is 1. The summed E-state index contributed by atoms with van der Waals surface area (Å²) < 4.78 is 6.20. The lowest BCUT2D eigenvalue weighted by Crippen LogP contribution is -2.40. The van der Waals surface area contributed by atoms with Gasteiger partial charge in [0.2, 0.25) is 5.91 Å². The molecule has 5 nitrogen and oxygen atoms in total. The molecule has 3 N–H and O–H groups in total. The standard InChI is InChI=1S/C16H25N3O2Si/c1-16(2,3)22(4,5)21-11-13-7-6-12(9-17)8-14(13)19-10-15(18)20/h6-8,19H,10-11H2,1-5H3,(H2,18,20). The molecule has 0 aliphatic rings. The van der Waals surface area contributed by atoms with Crippen LogP contribution in [-0.2, 0) is 15.8 Å². The van der Waals surface area contributed by atoms with E-state index < -0.39 is 14.2 Å². The molecule has 0 radical (unpaired) electrons. The summed E-state index contributed by atoms with van der Waals surface area (Å²) in [7, 11) is -1.86. The molecule has 1 aromatic rings. The second-order valence-corrected chi connectivity index (χ2v) is 11.7. The Morgan fingerprint density at radius 1 is 1.41 bits per heavy atom. The molecule has 0 heterocycles. The van der Waals surface area contributed by atoms with Crippen LogP contribution in [0.1, 0.15) is 31.9 Å². The Labute approximate surface area is 133 Å². The van der Waals surface area contributed by atoms with Gasteiger partial charge >= 0.3 is 0 Å². The lowest BCUT2D eigenvalue weighted by atomic mass is 10.1. The van der Waals surface area contributed by atoms with Gasteiger partial charge in [-0.15, -0.1) is 0 Å². The van der Waals surface area contributed by atoms with Crippen molar-refractivity contribution in [2.75, 3.05) is 11.9 Å². The van der Waals surface area contributed by atoms with E-state index in [1.54, 1.807) is 12.1 Å². The third kappa shape index (κ3) is 4.86. The van der Waals surface area contributed by atoms with E-state index in [0.717, 1.165) is 11.3 Å². The van der Waals surface area contributed by atoms with E-state index >= 15 is 0 Å². The highest BCUT2D eigenvalue weighted by atomic mass is 28.4. The summed E-state index contributed by atoms with van der Waals surface area (Å²) in [4.78, 5) is 11.0. The number of anilines is 1. The molecule has 1 amide bonds. The molecule has 0 aromatic heterocycles. The molecule has 0 fully saturated rings. The van der Waals surface area contributed by atoms with E-state index in [2.05, 4.69) is 45.3 Å². The number of hydrogen-bond donors (Lipinski definition) is 2. The Balaban J connectivity index is 2.94. The first-order chi connectivity index (χ1) is 10.1. The molecule has 0 atom stereocenters. The summed E-state index contributed by atoms with van der Waals surface area (Å²) >= 11 is 0. The SMILES string of the molecule is CC(C)(C)[Si](C)(C)OCc1ccc(C#N)cc1NCC(N)=O. The first-order valence-electron chi connectivity index (χ1n) is 7.26. The number of nitriles is 1. The predicted molar refractivity (Wildman–Crippen MR) is 90.8 cm³/mol. The molecule has 1 rings (SSSR count). The van der Waals surface area contributed by atoms with Gasteiger partial charge in [0.15, 0.2) is 8.32 Å². The van der Waals surface area contributed by atoms with Crippen LogP contribution >= 0.6 is 0 Å². The van der Waals surface area contributed by atoms with Crippen LogP contribution in [0.2, 0.25) is 18.1 Å². The van der Waals surface area contributed by atoms with Crippen LogP contribution in [0.5, 0.6) is 0 Å². The minimum Gasteiger partial charge on any atom is -0.412 e. The molecular weight excluding hydrogens is 294 g/mol. The lowest BCUT2D eigenvalue weighted by molar-refractivity contribution is -0.116. The van der Waals surface area contributed by atoms with E-state index in [1.807, 2.05) is 6.07 Å². The number of carbonyl (C=O) groups excluding carboxylic acids is 1. The molecular formula is C16H25N3O2Si. The first kappa shape index (κ1) is 18.2. The molecule has 6 heteroatoms. The number of primary amides is 1. The summed E-state index contributed by atoms with van der Waals surface area (Å²) in [6.07, 6.45) is 0. The van der Waals surface area contributed by atoms with Crippen LogP contribution < -0.4 is 11.1 Å². The number of nitrogens with two attached hydrogens (primary N) is 1. The number of amides is 1. The summed E-state index contributed by atoms with van der Waals surface area (Å²) in [5, 5.41) is 12.1. The quantitative estimate of drug-likeness (QED) is 0.789. The van der Waals surface area contributed by atoms with Gasteiger partial charge in [0.25, 0.3) is 0 Å². The van der Waals surface area contributed by atoms with Crippen molar-refractivity contribution in [1.29, 1.82) is 5.26 Å². The maximum atomic E-state index is 11.0. The van der Waals surface area contributed by atoms with E-state index in [9.17, 15) is 4.79 Å². The summed E-state index contributed by atoms with van der Waals surface area (Å²) in [5.41, 5.74) is 7.34. The normalized spacial score (nSPS) is 11.8. The van der Waals surface area contributed by atoms with E-state index in [1.165, 1.54) is 0 Å². The Bertz CT molecular complexity index is 586. The van der Waals surface area contributed by atoms with Crippen LogP contribution in [0.15, 0.2) is 18.2 Å². The molecule has 0 unspecified atom stereocenters. The monoisotopic (exact) mass is 319 g/mol. The van der Waals surface area contributed by atoms with Crippen molar-refractivity contribution in [2.45, 2.75) is 45.5 Å². The minimum absolute atomic E-state index is 0.0297. The molecule has 0 bridgehead atoms. The number of hydrogen-bond acceptors (Lipinski definition) is 4. The van der Waals surface area contributed by atoms with Gasteiger partial charge in [-0.25, -0.2) is 0 Å². The Morgan fingerprint density at radius 2 is 2.05 bits per heavy atom. The Hall–Kier alpha value is -1.84. The highest BCUT2D eigenvalue weighted by molar-refractivity contribution is 6.74. The zero-order chi connectivity index (χ0) is 17.0. The summed E-state index contributed by atoms with van der Waals surface area (Å²) in [5.74, 6) is -0.446. The zero-order valence-electron chi connectivity index (χ0n) is 14.0. The maximum Gasteiger partial charge on any atom is 0.236 e. The molecule has 1 aromatic carbocycles. The van der Waals surface area contributed by atoms with Gasteiger partial charge in [0.1, 0.15) is 0 Å². The fraction of sp³-hybridized carbons (Fsp3) is 0.500. The number of carbonyl (C=O) groups is 1. The average molecular weight is 319 g/mol. The smallest absolute Gasteiger partial charge is 0.236 e. The van der Waals surface area contributed by atoms with Crippen molar-refractivity contribution < 1.29 is 9.22 Å². The summed E-state index contributed by atoms with van der Waals surface area (Å²) in [6.45, 7) is 11.4. The van der Waals surface area contributed by atoms with Crippen LogP contribution in [0.25, 0.3) is 0 Å².